The van der Waals surface area contributed by atoms with Crippen LogP contribution in [0.15, 0.2) is 42.5 Å². The van der Waals surface area contributed by atoms with Gasteiger partial charge in [-0.15, -0.1) is 0 Å². The number of rotatable bonds is 3. The molecule has 1 aromatic heterocycles. The summed E-state index contributed by atoms with van der Waals surface area (Å²) in [4.78, 5) is 9.53. The van der Waals surface area contributed by atoms with Crippen molar-refractivity contribution in [3.8, 4) is 6.07 Å². The number of hydrogen-bond donors (Lipinski definition) is 1. The van der Waals surface area contributed by atoms with Gasteiger partial charge in [-0.2, -0.15) is 5.26 Å². The van der Waals surface area contributed by atoms with Crippen molar-refractivity contribution < 1.29 is 9.13 Å². The number of hydrogen-bond acceptors (Lipinski definition) is 4. The van der Waals surface area contributed by atoms with E-state index in [1.807, 2.05) is 35.2 Å². The lowest BCUT2D eigenvalue weighted by Gasteiger charge is -2.29. The van der Waals surface area contributed by atoms with Gasteiger partial charge in [0.15, 0.2) is 0 Å². The number of fused-ring (bicyclic) bond motifs is 1. The first-order valence-electron chi connectivity index (χ1n) is 8.44. The number of anilines is 1. The van der Waals surface area contributed by atoms with E-state index in [4.69, 9.17) is 4.74 Å². The van der Waals surface area contributed by atoms with Crippen LogP contribution in [0.2, 0.25) is 0 Å². The maximum atomic E-state index is 14.5. The van der Waals surface area contributed by atoms with Gasteiger partial charge in [-0.25, -0.2) is 9.37 Å². The van der Waals surface area contributed by atoms with Crippen LogP contribution in [-0.2, 0) is 4.74 Å². The minimum atomic E-state index is -0.303. The molecule has 26 heavy (non-hydrogen) atoms. The lowest BCUT2D eigenvalue weighted by atomic mass is 10.1. The average molecular weight is 348 g/mol. The standard InChI is InChI=1S/C20H17FN4O/c21-16-12-14(5-6-19(16)25-7-9-26-10-8-25)11-15(13-22)20-23-17-3-1-2-4-18(17)24-20/h1-6,11-12H,7-10H2,(H,23,24). The Morgan fingerprint density at radius 3 is 2.77 bits per heavy atom. The first-order valence-corrected chi connectivity index (χ1v) is 8.44. The van der Waals surface area contributed by atoms with Gasteiger partial charge in [-0.05, 0) is 35.9 Å². The molecule has 1 fully saturated rings. The largest absolute Gasteiger partial charge is 0.378 e. The number of benzene rings is 2. The van der Waals surface area contributed by atoms with E-state index in [2.05, 4.69) is 16.0 Å². The molecule has 0 spiro atoms. The number of nitriles is 1. The van der Waals surface area contributed by atoms with E-state index >= 15 is 0 Å². The van der Waals surface area contributed by atoms with Gasteiger partial charge in [0, 0.05) is 13.1 Å². The second kappa shape index (κ2) is 6.98. The van der Waals surface area contributed by atoms with Crippen LogP contribution in [-0.4, -0.2) is 36.3 Å². The molecule has 2 heterocycles. The molecule has 0 amide bonds. The molecule has 1 saturated heterocycles. The zero-order valence-electron chi connectivity index (χ0n) is 14.1. The van der Waals surface area contributed by atoms with E-state index in [-0.39, 0.29) is 5.82 Å². The highest BCUT2D eigenvalue weighted by atomic mass is 19.1. The molecule has 1 aliphatic rings. The first-order chi connectivity index (χ1) is 12.7. The highest BCUT2D eigenvalue weighted by Crippen LogP contribution is 2.24. The van der Waals surface area contributed by atoms with E-state index in [1.54, 1.807) is 12.1 Å². The molecular formula is C20H17FN4O. The molecule has 1 N–H and O–H groups in total. The van der Waals surface area contributed by atoms with Crippen LogP contribution < -0.4 is 4.90 Å². The number of para-hydroxylation sites is 2. The van der Waals surface area contributed by atoms with Crippen LogP contribution >= 0.6 is 0 Å². The summed E-state index contributed by atoms with van der Waals surface area (Å²) in [7, 11) is 0. The van der Waals surface area contributed by atoms with Crippen molar-refractivity contribution in [2.75, 3.05) is 31.2 Å². The normalized spacial score (nSPS) is 15.2. The van der Waals surface area contributed by atoms with Gasteiger partial charge in [0.05, 0.1) is 35.5 Å². The lowest BCUT2D eigenvalue weighted by molar-refractivity contribution is 0.122. The summed E-state index contributed by atoms with van der Waals surface area (Å²) in [6.07, 6.45) is 1.64. The minimum absolute atomic E-state index is 0.303. The fourth-order valence-corrected chi connectivity index (χ4v) is 3.07. The molecule has 0 radical (unpaired) electrons. The van der Waals surface area contributed by atoms with Crippen molar-refractivity contribution in [3.63, 3.8) is 0 Å². The van der Waals surface area contributed by atoms with Gasteiger partial charge in [-0.1, -0.05) is 18.2 Å². The molecule has 6 heteroatoms. The van der Waals surface area contributed by atoms with Crippen molar-refractivity contribution in [2.24, 2.45) is 0 Å². The van der Waals surface area contributed by atoms with Crippen molar-refractivity contribution in [3.05, 3.63) is 59.7 Å². The number of H-pyrrole nitrogens is 1. The van der Waals surface area contributed by atoms with E-state index in [0.717, 1.165) is 11.0 Å². The summed E-state index contributed by atoms with van der Waals surface area (Å²) in [6, 6.07) is 14.7. The Morgan fingerprint density at radius 1 is 1.23 bits per heavy atom. The molecule has 4 rings (SSSR count). The number of aromatic nitrogens is 2. The monoisotopic (exact) mass is 348 g/mol. The fourth-order valence-electron chi connectivity index (χ4n) is 3.07. The van der Waals surface area contributed by atoms with Crippen molar-refractivity contribution >= 4 is 28.4 Å². The van der Waals surface area contributed by atoms with E-state index in [9.17, 15) is 9.65 Å². The predicted octanol–water partition coefficient (Wildman–Crippen LogP) is 3.60. The number of aromatic amines is 1. The summed E-state index contributed by atoms with van der Waals surface area (Å²) in [5.74, 6) is 0.175. The maximum absolute atomic E-state index is 14.5. The summed E-state index contributed by atoms with van der Waals surface area (Å²) in [6.45, 7) is 2.56. The third kappa shape index (κ3) is 3.17. The summed E-state index contributed by atoms with van der Waals surface area (Å²) >= 11 is 0. The summed E-state index contributed by atoms with van der Waals surface area (Å²) in [5, 5.41) is 9.50. The molecule has 5 nitrogen and oxygen atoms in total. The Balaban J connectivity index is 1.65. The second-order valence-electron chi connectivity index (χ2n) is 6.08. The third-order valence-electron chi connectivity index (χ3n) is 4.40. The summed E-state index contributed by atoms with van der Waals surface area (Å²) < 4.78 is 19.8. The zero-order valence-corrected chi connectivity index (χ0v) is 14.1. The number of allylic oxidation sites excluding steroid dienone is 1. The van der Waals surface area contributed by atoms with Crippen LogP contribution in [0.5, 0.6) is 0 Å². The van der Waals surface area contributed by atoms with Crippen LogP contribution in [0, 0.1) is 17.1 Å². The predicted molar refractivity (Wildman–Crippen MR) is 99.0 cm³/mol. The molecule has 0 bridgehead atoms. The lowest BCUT2D eigenvalue weighted by Crippen LogP contribution is -2.36. The number of nitrogens with zero attached hydrogens (tertiary/aromatic N) is 3. The van der Waals surface area contributed by atoms with E-state index in [0.29, 0.717) is 49.0 Å². The van der Waals surface area contributed by atoms with Gasteiger partial charge in [0.2, 0.25) is 0 Å². The molecule has 0 atom stereocenters. The number of morpholine rings is 1. The van der Waals surface area contributed by atoms with E-state index in [1.165, 1.54) is 6.07 Å². The smallest absolute Gasteiger partial charge is 0.149 e. The Labute approximate surface area is 150 Å². The zero-order chi connectivity index (χ0) is 17.9. The molecule has 1 aliphatic heterocycles. The Kier molecular flexibility index (Phi) is 4.38. The number of halogens is 1. The second-order valence-corrected chi connectivity index (χ2v) is 6.08. The Bertz CT molecular complexity index is 979. The maximum Gasteiger partial charge on any atom is 0.149 e. The molecule has 2 aromatic carbocycles. The van der Waals surface area contributed by atoms with E-state index < -0.39 is 0 Å². The molecule has 130 valence electrons. The van der Waals surface area contributed by atoms with Crippen LogP contribution in [0.25, 0.3) is 22.7 Å². The van der Waals surface area contributed by atoms with Gasteiger partial charge in [-0.3, -0.25) is 0 Å². The highest BCUT2D eigenvalue weighted by molar-refractivity contribution is 5.90. The van der Waals surface area contributed by atoms with Crippen LogP contribution in [0.4, 0.5) is 10.1 Å². The number of imidazole rings is 1. The quantitative estimate of drug-likeness (QED) is 0.735. The van der Waals surface area contributed by atoms with Crippen molar-refractivity contribution in [1.82, 2.24) is 9.97 Å². The van der Waals surface area contributed by atoms with Gasteiger partial charge in [0.25, 0.3) is 0 Å². The Hall–Kier alpha value is -3.17. The van der Waals surface area contributed by atoms with Gasteiger partial charge in [0.1, 0.15) is 17.7 Å². The molecule has 0 saturated carbocycles. The molecular weight excluding hydrogens is 331 g/mol. The van der Waals surface area contributed by atoms with Crippen molar-refractivity contribution in [1.29, 1.82) is 5.26 Å². The van der Waals surface area contributed by atoms with Gasteiger partial charge < -0.3 is 14.6 Å². The number of nitrogens with one attached hydrogen (secondary N) is 1. The average Bonchev–Trinajstić information content (AvgIpc) is 3.11. The van der Waals surface area contributed by atoms with Crippen molar-refractivity contribution in [2.45, 2.75) is 0 Å². The topological polar surface area (TPSA) is 64.9 Å². The molecule has 0 aliphatic carbocycles. The highest BCUT2D eigenvalue weighted by Gasteiger charge is 2.15. The third-order valence-corrected chi connectivity index (χ3v) is 4.40. The fraction of sp³-hybridized carbons (Fsp3) is 0.200. The van der Waals surface area contributed by atoms with Crippen LogP contribution in [0.1, 0.15) is 11.4 Å². The number of ether oxygens (including phenoxy) is 1. The minimum Gasteiger partial charge on any atom is -0.378 e. The molecule has 3 aromatic rings. The Morgan fingerprint density at radius 2 is 2.04 bits per heavy atom. The van der Waals surface area contributed by atoms with Crippen LogP contribution in [0.3, 0.4) is 0 Å². The summed E-state index contributed by atoms with van der Waals surface area (Å²) in [5.41, 5.74) is 3.19. The van der Waals surface area contributed by atoms with Gasteiger partial charge >= 0.3 is 0 Å². The SMILES string of the molecule is N#CC(=Cc1ccc(N2CCOCC2)c(F)c1)c1nc2ccccc2[nH]1. The molecule has 0 unspecified atom stereocenters. The first kappa shape index (κ1) is 16.3.